The highest BCUT2D eigenvalue weighted by Gasteiger charge is 1.93. The van der Waals surface area contributed by atoms with E-state index in [0.717, 1.165) is 0 Å². The Morgan fingerprint density at radius 1 is 1.88 bits per heavy atom. The molecule has 0 aromatic carbocycles. The molecule has 1 N–H and O–H groups in total. The Hall–Kier alpha value is -0.570. The first-order valence-corrected chi connectivity index (χ1v) is 2.44. The van der Waals surface area contributed by atoms with Gasteiger partial charge in [-0.25, -0.2) is 4.79 Å². The van der Waals surface area contributed by atoms with Crippen molar-refractivity contribution in [1.82, 2.24) is 0 Å². The van der Waals surface area contributed by atoms with E-state index in [1.165, 1.54) is 6.47 Å². The maximum Gasteiger partial charge on any atom is 0.417 e. The highest BCUT2D eigenvalue weighted by Crippen LogP contribution is 1.87. The zero-order valence-electron chi connectivity index (χ0n) is 4.76. The first-order chi connectivity index (χ1) is 3.77. The van der Waals surface area contributed by atoms with Crippen LogP contribution in [0.15, 0.2) is 0 Å². The lowest BCUT2D eigenvalue weighted by Crippen LogP contribution is -2.04. The van der Waals surface area contributed by atoms with Gasteiger partial charge in [0.25, 0.3) is 0 Å². The van der Waals surface area contributed by atoms with Gasteiger partial charge in [0.1, 0.15) is 0 Å². The standard InChI is InChI=1S/C5H9O3/c1-5(7)2-3-8-4-6/h5,7H,2-3H2,1H3. The van der Waals surface area contributed by atoms with Gasteiger partial charge in [-0.15, -0.1) is 0 Å². The minimum atomic E-state index is -0.400. The summed E-state index contributed by atoms with van der Waals surface area (Å²) >= 11 is 0. The smallest absolute Gasteiger partial charge is 0.417 e. The molecule has 3 nitrogen and oxygen atoms in total. The molecule has 0 heterocycles. The normalized spacial score (nSPS) is 12.8. The van der Waals surface area contributed by atoms with Crippen molar-refractivity contribution in [2.75, 3.05) is 6.61 Å². The molecular weight excluding hydrogens is 108 g/mol. The summed E-state index contributed by atoms with van der Waals surface area (Å²) in [6.07, 6.45) is 0.0817. The largest absolute Gasteiger partial charge is 0.457 e. The van der Waals surface area contributed by atoms with Crippen molar-refractivity contribution in [2.24, 2.45) is 0 Å². The highest BCUT2D eigenvalue weighted by molar-refractivity contribution is 5.37. The van der Waals surface area contributed by atoms with E-state index in [1.54, 1.807) is 6.92 Å². The molecule has 1 radical (unpaired) electrons. The van der Waals surface area contributed by atoms with Crippen LogP contribution in [0.25, 0.3) is 0 Å². The first kappa shape index (κ1) is 7.43. The lowest BCUT2D eigenvalue weighted by atomic mass is 10.3. The van der Waals surface area contributed by atoms with Gasteiger partial charge in [-0.05, 0) is 6.92 Å². The minimum absolute atomic E-state index is 0.251. The van der Waals surface area contributed by atoms with E-state index in [4.69, 9.17) is 5.11 Å². The quantitative estimate of drug-likeness (QED) is 0.520. The van der Waals surface area contributed by atoms with Crippen LogP contribution in [-0.2, 0) is 9.53 Å². The van der Waals surface area contributed by atoms with Crippen LogP contribution in [0.5, 0.6) is 0 Å². The van der Waals surface area contributed by atoms with Crippen LogP contribution in [-0.4, -0.2) is 24.3 Å². The molecule has 1 unspecified atom stereocenters. The summed E-state index contributed by atoms with van der Waals surface area (Å²) in [5, 5.41) is 8.57. The zero-order chi connectivity index (χ0) is 6.41. The Morgan fingerprint density at radius 2 is 2.50 bits per heavy atom. The number of rotatable bonds is 4. The summed E-state index contributed by atoms with van der Waals surface area (Å²) in [6.45, 7) is 3.15. The molecular formula is C5H9O3. The average Bonchev–Trinajstić information content (AvgIpc) is 1.66. The molecule has 0 bridgehead atoms. The second-order valence-corrected chi connectivity index (χ2v) is 1.57. The maximum absolute atomic E-state index is 9.36. The lowest BCUT2D eigenvalue weighted by Gasteiger charge is -1.99. The Morgan fingerprint density at radius 3 is 2.88 bits per heavy atom. The third-order valence-corrected chi connectivity index (χ3v) is 0.697. The van der Waals surface area contributed by atoms with Gasteiger partial charge in [-0.2, -0.15) is 0 Å². The number of aliphatic hydroxyl groups is 1. The van der Waals surface area contributed by atoms with Crippen LogP contribution in [0.3, 0.4) is 0 Å². The van der Waals surface area contributed by atoms with Crippen molar-refractivity contribution in [2.45, 2.75) is 19.4 Å². The van der Waals surface area contributed by atoms with Crippen molar-refractivity contribution in [3.63, 3.8) is 0 Å². The van der Waals surface area contributed by atoms with Gasteiger partial charge in [0.05, 0.1) is 12.7 Å². The van der Waals surface area contributed by atoms with E-state index in [0.29, 0.717) is 6.42 Å². The Bertz CT molecular complexity index is 60.7. The van der Waals surface area contributed by atoms with Gasteiger partial charge in [0, 0.05) is 6.42 Å². The molecule has 1 atom stereocenters. The van der Waals surface area contributed by atoms with E-state index >= 15 is 0 Å². The van der Waals surface area contributed by atoms with Gasteiger partial charge < -0.3 is 9.84 Å². The lowest BCUT2D eigenvalue weighted by molar-refractivity contribution is 0.150. The molecule has 0 aliphatic heterocycles. The third-order valence-electron chi connectivity index (χ3n) is 0.697. The predicted octanol–water partition coefficient (Wildman–Crippen LogP) is -0.159. The van der Waals surface area contributed by atoms with Crippen molar-refractivity contribution in [3.8, 4) is 0 Å². The summed E-state index contributed by atoms with van der Waals surface area (Å²) in [4.78, 5) is 9.36. The van der Waals surface area contributed by atoms with Crippen LogP contribution >= 0.6 is 0 Å². The van der Waals surface area contributed by atoms with Crippen molar-refractivity contribution >= 4 is 6.47 Å². The van der Waals surface area contributed by atoms with E-state index in [-0.39, 0.29) is 6.61 Å². The van der Waals surface area contributed by atoms with Gasteiger partial charge in [0.2, 0.25) is 0 Å². The fraction of sp³-hybridized carbons (Fsp3) is 0.800. The number of ether oxygens (including phenoxy) is 1. The Kier molecular flexibility index (Phi) is 4.26. The van der Waals surface area contributed by atoms with Crippen LogP contribution in [0, 0.1) is 0 Å². The van der Waals surface area contributed by atoms with Gasteiger partial charge in [-0.3, -0.25) is 0 Å². The topological polar surface area (TPSA) is 46.5 Å². The van der Waals surface area contributed by atoms with Crippen LogP contribution in [0.4, 0.5) is 0 Å². The summed E-state index contributed by atoms with van der Waals surface area (Å²) in [5.74, 6) is 0. The van der Waals surface area contributed by atoms with Crippen LogP contribution in [0.2, 0.25) is 0 Å². The molecule has 0 fully saturated rings. The van der Waals surface area contributed by atoms with E-state index in [2.05, 4.69) is 4.74 Å². The molecule has 0 saturated carbocycles. The van der Waals surface area contributed by atoms with Crippen LogP contribution < -0.4 is 0 Å². The molecule has 0 rings (SSSR count). The summed E-state index contributed by atoms with van der Waals surface area (Å²) in [6, 6.07) is 0. The van der Waals surface area contributed by atoms with Crippen LogP contribution in [0.1, 0.15) is 13.3 Å². The van der Waals surface area contributed by atoms with E-state index < -0.39 is 6.10 Å². The Labute approximate surface area is 48.3 Å². The van der Waals surface area contributed by atoms with Gasteiger partial charge in [0.15, 0.2) is 0 Å². The second kappa shape index (κ2) is 4.59. The Balaban J connectivity index is 2.81. The fourth-order valence-electron chi connectivity index (χ4n) is 0.271. The molecule has 3 heteroatoms. The molecule has 0 spiro atoms. The fourth-order valence-corrected chi connectivity index (χ4v) is 0.271. The molecule has 0 saturated heterocycles. The average molecular weight is 117 g/mol. The van der Waals surface area contributed by atoms with Crippen molar-refractivity contribution < 1.29 is 14.6 Å². The highest BCUT2D eigenvalue weighted by atomic mass is 16.5. The zero-order valence-corrected chi connectivity index (χ0v) is 4.76. The first-order valence-electron chi connectivity index (χ1n) is 2.44. The molecule has 0 aliphatic rings. The number of aliphatic hydroxyl groups excluding tert-OH is 1. The van der Waals surface area contributed by atoms with Crippen molar-refractivity contribution in [1.29, 1.82) is 0 Å². The summed E-state index contributed by atoms with van der Waals surface area (Å²) in [7, 11) is 0. The van der Waals surface area contributed by atoms with E-state index in [1.807, 2.05) is 0 Å². The number of hydrogen-bond acceptors (Lipinski definition) is 3. The SMILES string of the molecule is CC(O)CCO[C]=O. The van der Waals surface area contributed by atoms with E-state index in [9.17, 15) is 4.79 Å². The molecule has 0 aliphatic carbocycles. The van der Waals surface area contributed by atoms with Gasteiger partial charge in [-0.1, -0.05) is 0 Å². The monoisotopic (exact) mass is 117 g/mol. The van der Waals surface area contributed by atoms with Crippen molar-refractivity contribution in [3.05, 3.63) is 0 Å². The van der Waals surface area contributed by atoms with Gasteiger partial charge >= 0.3 is 6.47 Å². The molecule has 8 heavy (non-hydrogen) atoms. The summed E-state index contributed by atoms with van der Waals surface area (Å²) in [5.41, 5.74) is 0. The third kappa shape index (κ3) is 5.43. The second-order valence-electron chi connectivity index (χ2n) is 1.57. The predicted molar refractivity (Wildman–Crippen MR) is 27.9 cm³/mol. The molecule has 0 aromatic rings. The maximum atomic E-state index is 9.36. The number of carbonyl (C=O) groups excluding carboxylic acids is 1. The molecule has 0 amide bonds. The summed E-state index contributed by atoms with van der Waals surface area (Å²) < 4.78 is 4.18. The minimum Gasteiger partial charge on any atom is -0.457 e. The number of hydrogen-bond donors (Lipinski definition) is 1. The molecule has 47 valence electrons. The molecule has 0 aromatic heterocycles.